The number of aromatic nitrogens is 2. The predicted octanol–water partition coefficient (Wildman–Crippen LogP) is 3.86. The normalized spacial score (nSPS) is 17.2. The van der Waals surface area contributed by atoms with E-state index in [0.29, 0.717) is 18.3 Å². The number of benzene rings is 1. The molecule has 1 aromatic heterocycles. The standard InChI is InChI=1S/C18H21N3O/c1-4-13-5-7-14(8-6-13)20-18-19-12(3)17-15(21-18)9-11(2)10-16(17)22/h5-8,11H,4,9-10H2,1-3H3,(H,19,20,21). The fourth-order valence-corrected chi connectivity index (χ4v) is 2.97. The van der Waals surface area contributed by atoms with Crippen molar-refractivity contribution in [2.75, 3.05) is 5.32 Å². The van der Waals surface area contributed by atoms with Crippen molar-refractivity contribution in [3.63, 3.8) is 0 Å². The van der Waals surface area contributed by atoms with E-state index in [1.807, 2.05) is 19.1 Å². The van der Waals surface area contributed by atoms with E-state index in [2.05, 4.69) is 41.3 Å². The van der Waals surface area contributed by atoms with E-state index in [4.69, 9.17) is 0 Å². The average molecular weight is 295 g/mol. The second kappa shape index (κ2) is 5.87. The Morgan fingerprint density at radius 3 is 2.59 bits per heavy atom. The van der Waals surface area contributed by atoms with Gasteiger partial charge in [0, 0.05) is 12.1 Å². The maximum Gasteiger partial charge on any atom is 0.227 e. The lowest BCUT2D eigenvalue weighted by atomic mass is 9.86. The molecule has 1 heterocycles. The summed E-state index contributed by atoms with van der Waals surface area (Å²) in [7, 11) is 0. The molecule has 0 amide bonds. The van der Waals surface area contributed by atoms with Gasteiger partial charge < -0.3 is 5.32 Å². The molecule has 1 N–H and O–H groups in total. The molecule has 3 rings (SSSR count). The van der Waals surface area contributed by atoms with Gasteiger partial charge >= 0.3 is 0 Å². The summed E-state index contributed by atoms with van der Waals surface area (Å²) in [6.45, 7) is 6.12. The molecule has 0 spiro atoms. The van der Waals surface area contributed by atoms with Crippen LogP contribution in [0.15, 0.2) is 24.3 Å². The molecule has 2 aromatic rings. The Morgan fingerprint density at radius 1 is 1.18 bits per heavy atom. The highest BCUT2D eigenvalue weighted by Crippen LogP contribution is 2.27. The zero-order valence-corrected chi connectivity index (χ0v) is 13.3. The molecule has 1 aliphatic rings. The number of fused-ring (bicyclic) bond motifs is 1. The Morgan fingerprint density at radius 2 is 1.91 bits per heavy atom. The summed E-state index contributed by atoms with van der Waals surface area (Å²) in [6, 6.07) is 8.26. The van der Waals surface area contributed by atoms with Crippen molar-refractivity contribution in [2.45, 2.75) is 40.0 Å². The smallest absolute Gasteiger partial charge is 0.227 e. The van der Waals surface area contributed by atoms with E-state index in [1.165, 1.54) is 5.56 Å². The summed E-state index contributed by atoms with van der Waals surface area (Å²) in [5.74, 6) is 1.10. The predicted molar refractivity (Wildman–Crippen MR) is 87.7 cm³/mol. The topological polar surface area (TPSA) is 54.9 Å². The molecule has 4 heteroatoms. The second-order valence-corrected chi connectivity index (χ2v) is 6.07. The van der Waals surface area contributed by atoms with Crippen molar-refractivity contribution < 1.29 is 4.79 Å². The number of anilines is 2. The number of hydrogen-bond donors (Lipinski definition) is 1. The van der Waals surface area contributed by atoms with Gasteiger partial charge in [0.05, 0.1) is 17.0 Å². The number of nitrogens with zero attached hydrogens (tertiary/aromatic N) is 2. The minimum absolute atomic E-state index is 0.171. The summed E-state index contributed by atoms with van der Waals surface area (Å²) in [6.07, 6.45) is 2.46. The van der Waals surface area contributed by atoms with E-state index in [-0.39, 0.29) is 5.78 Å². The number of carbonyl (C=O) groups excluding carboxylic acids is 1. The quantitative estimate of drug-likeness (QED) is 0.934. The molecular weight excluding hydrogens is 274 g/mol. The molecule has 4 nitrogen and oxygen atoms in total. The van der Waals surface area contributed by atoms with Crippen molar-refractivity contribution in [3.8, 4) is 0 Å². The maximum atomic E-state index is 12.2. The zero-order chi connectivity index (χ0) is 15.7. The van der Waals surface area contributed by atoms with Crippen molar-refractivity contribution in [1.29, 1.82) is 0 Å². The summed E-state index contributed by atoms with van der Waals surface area (Å²) in [5.41, 5.74) is 4.64. The fourth-order valence-electron chi connectivity index (χ4n) is 2.97. The third-order valence-electron chi connectivity index (χ3n) is 4.14. The monoisotopic (exact) mass is 295 g/mol. The Balaban J connectivity index is 1.90. The van der Waals surface area contributed by atoms with Gasteiger partial charge in [0.25, 0.3) is 0 Å². The van der Waals surface area contributed by atoms with E-state index in [9.17, 15) is 4.79 Å². The SMILES string of the molecule is CCc1ccc(Nc2nc(C)c3c(n2)CC(C)CC3=O)cc1. The van der Waals surface area contributed by atoms with Gasteiger partial charge in [0.15, 0.2) is 5.78 Å². The molecule has 1 atom stereocenters. The summed E-state index contributed by atoms with van der Waals surface area (Å²) in [4.78, 5) is 21.2. The Labute approximate surface area is 131 Å². The first-order valence-corrected chi connectivity index (χ1v) is 7.83. The van der Waals surface area contributed by atoms with Crippen LogP contribution < -0.4 is 5.32 Å². The van der Waals surface area contributed by atoms with Gasteiger partial charge in [-0.05, 0) is 43.4 Å². The third-order valence-corrected chi connectivity index (χ3v) is 4.14. The largest absolute Gasteiger partial charge is 0.324 e. The van der Waals surface area contributed by atoms with E-state index in [0.717, 1.165) is 35.5 Å². The molecule has 114 valence electrons. The molecular formula is C18H21N3O. The summed E-state index contributed by atoms with van der Waals surface area (Å²) < 4.78 is 0. The molecule has 0 fully saturated rings. The number of aryl methyl sites for hydroxylation is 2. The lowest BCUT2D eigenvalue weighted by Crippen LogP contribution is -2.22. The maximum absolute atomic E-state index is 12.2. The Kier molecular flexibility index (Phi) is 3.92. The number of rotatable bonds is 3. The van der Waals surface area contributed by atoms with Crippen LogP contribution >= 0.6 is 0 Å². The van der Waals surface area contributed by atoms with Crippen LogP contribution in [0.5, 0.6) is 0 Å². The minimum Gasteiger partial charge on any atom is -0.324 e. The highest BCUT2D eigenvalue weighted by atomic mass is 16.1. The average Bonchev–Trinajstić information content (AvgIpc) is 2.46. The summed E-state index contributed by atoms with van der Waals surface area (Å²) in [5, 5.41) is 3.24. The lowest BCUT2D eigenvalue weighted by molar-refractivity contribution is 0.0951. The van der Waals surface area contributed by atoms with E-state index in [1.54, 1.807) is 0 Å². The molecule has 0 saturated heterocycles. The Hall–Kier alpha value is -2.23. The minimum atomic E-state index is 0.171. The van der Waals surface area contributed by atoms with Gasteiger partial charge in [-0.2, -0.15) is 0 Å². The Bertz CT molecular complexity index is 707. The van der Waals surface area contributed by atoms with Gasteiger partial charge in [0.2, 0.25) is 5.95 Å². The van der Waals surface area contributed by atoms with Gasteiger partial charge in [0.1, 0.15) is 0 Å². The van der Waals surface area contributed by atoms with Gasteiger partial charge in [-0.15, -0.1) is 0 Å². The van der Waals surface area contributed by atoms with Gasteiger partial charge in [-0.3, -0.25) is 4.79 Å². The van der Waals surface area contributed by atoms with Crippen LogP contribution in [0.2, 0.25) is 0 Å². The van der Waals surface area contributed by atoms with Crippen LogP contribution in [0, 0.1) is 12.8 Å². The van der Waals surface area contributed by atoms with Crippen molar-refractivity contribution in [3.05, 3.63) is 46.8 Å². The van der Waals surface area contributed by atoms with E-state index >= 15 is 0 Å². The van der Waals surface area contributed by atoms with Gasteiger partial charge in [-0.1, -0.05) is 26.0 Å². The highest BCUT2D eigenvalue weighted by Gasteiger charge is 2.26. The second-order valence-electron chi connectivity index (χ2n) is 6.07. The van der Waals surface area contributed by atoms with E-state index < -0.39 is 0 Å². The van der Waals surface area contributed by atoms with Gasteiger partial charge in [-0.25, -0.2) is 9.97 Å². The van der Waals surface area contributed by atoms with Crippen LogP contribution in [0.25, 0.3) is 0 Å². The van der Waals surface area contributed by atoms with Crippen molar-refractivity contribution >= 4 is 17.4 Å². The molecule has 1 aliphatic carbocycles. The summed E-state index contributed by atoms with van der Waals surface area (Å²) >= 11 is 0. The number of ketones is 1. The lowest BCUT2D eigenvalue weighted by Gasteiger charge is -2.21. The zero-order valence-electron chi connectivity index (χ0n) is 13.3. The number of Topliss-reactive ketones (excluding diaryl/α,β-unsaturated/α-hetero) is 1. The van der Waals surface area contributed by atoms with Crippen molar-refractivity contribution in [2.24, 2.45) is 5.92 Å². The first kappa shape index (κ1) is 14.7. The van der Waals surface area contributed by atoms with Crippen LogP contribution in [0.1, 0.15) is 47.6 Å². The molecule has 0 radical (unpaired) electrons. The first-order valence-electron chi connectivity index (χ1n) is 7.83. The third kappa shape index (κ3) is 2.86. The van der Waals surface area contributed by atoms with Crippen LogP contribution in [-0.4, -0.2) is 15.8 Å². The van der Waals surface area contributed by atoms with Crippen molar-refractivity contribution in [1.82, 2.24) is 9.97 Å². The molecule has 0 saturated carbocycles. The number of carbonyl (C=O) groups is 1. The van der Waals surface area contributed by atoms with Crippen LogP contribution in [0.4, 0.5) is 11.6 Å². The molecule has 1 aromatic carbocycles. The molecule has 1 unspecified atom stereocenters. The number of hydrogen-bond acceptors (Lipinski definition) is 4. The molecule has 22 heavy (non-hydrogen) atoms. The first-order chi connectivity index (χ1) is 10.6. The molecule has 0 aliphatic heterocycles. The van der Waals surface area contributed by atoms with Crippen LogP contribution in [-0.2, 0) is 12.8 Å². The fraction of sp³-hybridized carbons (Fsp3) is 0.389. The van der Waals surface area contributed by atoms with Crippen LogP contribution in [0.3, 0.4) is 0 Å². The number of nitrogens with one attached hydrogen (secondary N) is 1. The highest BCUT2D eigenvalue weighted by molar-refractivity contribution is 5.99. The molecule has 0 bridgehead atoms.